The van der Waals surface area contributed by atoms with Crippen LogP contribution in [0.2, 0.25) is 5.02 Å². The van der Waals surface area contributed by atoms with E-state index in [9.17, 15) is 14.0 Å². The minimum atomic E-state index is -0.747. The number of rotatable bonds is 3. The molecule has 0 bridgehead atoms. The molecular formula is C19H25ClFN3O3. The van der Waals surface area contributed by atoms with E-state index >= 15 is 0 Å². The fraction of sp³-hybridized carbons (Fsp3) is 0.579. The number of carboxylic acids is 1. The van der Waals surface area contributed by atoms with E-state index in [1.54, 1.807) is 17.0 Å². The van der Waals surface area contributed by atoms with Gasteiger partial charge in [-0.25, -0.2) is 9.18 Å². The number of aliphatic carboxylic acids is 1. The van der Waals surface area contributed by atoms with E-state index in [0.29, 0.717) is 45.3 Å². The first-order valence-electron chi connectivity index (χ1n) is 9.35. The third-order valence-corrected chi connectivity index (χ3v) is 5.87. The van der Waals surface area contributed by atoms with Gasteiger partial charge in [0.05, 0.1) is 10.9 Å². The molecule has 3 rings (SSSR count). The predicted octanol–water partition coefficient (Wildman–Crippen LogP) is 3.34. The highest BCUT2D eigenvalue weighted by Gasteiger charge is 2.31. The van der Waals surface area contributed by atoms with Gasteiger partial charge in [-0.05, 0) is 50.8 Å². The van der Waals surface area contributed by atoms with Gasteiger partial charge >= 0.3 is 12.0 Å². The van der Waals surface area contributed by atoms with Crippen LogP contribution in [-0.2, 0) is 4.79 Å². The SMILES string of the molecule is CC1CN(c2ccc(Cl)c(F)c2)CCN1C(=O)NC1CCC(C(=O)O)CC1. The van der Waals surface area contributed by atoms with Crippen LogP contribution in [0, 0.1) is 11.7 Å². The van der Waals surface area contributed by atoms with Crippen LogP contribution in [-0.4, -0.2) is 53.7 Å². The molecule has 1 aliphatic heterocycles. The molecule has 8 heteroatoms. The number of carboxylic acid groups (broad SMARTS) is 1. The number of benzene rings is 1. The van der Waals surface area contributed by atoms with Crippen molar-refractivity contribution in [1.29, 1.82) is 0 Å². The molecule has 1 aromatic carbocycles. The maximum Gasteiger partial charge on any atom is 0.317 e. The first-order chi connectivity index (χ1) is 12.8. The van der Waals surface area contributed by atoms with Gasteiger partial charge in [-0.2, -0.15) is 0 Å². The quantitative estimate of drug-likeness (QED) is 0.820. The van der Waals surface area contributed by atoms with E-state index in [0.717, 1.165) is 5.69 Å². The molecule has 2 aliphatic rings. The van der Waals surface area contributed by atoms with Gasteiger partial charge in [-0.15, -0.1) is 0 Å². The Balaban J connectivity index is 1.52. The maximum atomic E-state index is 13.7. The predicted molar refractivity (Wildman–Crippen MR) is 102 cm³/mol. The molecule has 27 heavy (non-hydrogen) atoms. The van der Waals surface area contributed by atoms with Crippen LogP contribution < -0.4 is 10.2 Å². The first-order valence-corrected chi connectivity index (χ1v) is 9.73. The van der Waals surface area contributed by atoms with Crippen LogP contribution in [0.5, 0.6) is 0 Å². The lowest BCUT2D eigenvalue weighted by molar-refractivity contribution is -0.142. The highest BCUT2D eigenvalue weighted by Crippen LogP contribution is 2.26. The second-order valence-electron chi connectivity index (χ2n) is 7.42. The van der Waals surface area contributed by atoms with Crippen molar-refractivity contribution in [2.45, 2.75) is 44.7 Å². The average molecular weight is 398 g/mol. The molecule has 1 saturated heterocycles. The van der Waals surface area contributed by atoms with Crippen LogP contribution in [0.4, 0.5) is 14.9 Å². The topological polar surface area (TPSA) is 72.9 Å². The number of halogens is 2. The number of amides is 2. The smallest absolute Gasteiger partial charge is 0.317 e. The van der Waals surface area contributed by atoms with Gasteiger partial charge in [-0.3, -0.25) is 4.79 Å². The van der Waals surface area contributed by atoms with E-state index < -0.39 is 11.8 Å². The van der Waals surface area contributed by atoms with Crippen LogP contribution in [0.3, 0.4) is 0 Å². The Morgan fingerprint density at radius 3 is 2.52 bits per heavy atom. The molecule has 1 aliphatic carbocycles. The number of hydrogen-bond acceptors (Lipinski definition) is 3. The van der Waals surface area contributed by atoms with Crippen molar-refractivity contribution in [3.05, 3.63) is 29.0 Å². The van der Waals surface area contributed by atoms with Crippen LogP contribution in [0.25, 0.3) is 0 Å². The maximum absolute atomic E-state index is 13.7. The zero-order chi connectivity index (χ0) is 19.6. The fourth-order valence-corrected chi connectivity index (χ4v) is 4.04. The molecule has 2 fully saturated rings. The highest BCUT2D eigenvalue weighted by atomic mass is 35.5. The monoisotopic (exact) mass is 397 g/mol. The zero-order valence-electron chi connectivity index (χ0n) is 15.3. The average Bonchev–Trinajstić information content (AvgIpc) is 2.64. The van der Waals surface area contributed by atoms with Crippen LogP contribution in [0.15, 0.2) is 18.2 Å². The van der Waals surface area contributed by atoms with Crippen molar-refractivity contribution in [2.24, 2.45) is 5.92 Å². The third-order valence-electron chi connectivity index (χ3n) is 5.56. The number of nitrogens with one attached hydrogen (secondary N) is 1. The molecule has 0 radical (unpaired) electrons. The van der Waals surface area contributed by atoms with E-state index in [2.05, 4.69) is 5.32 Å². The van der Waals surface area contributed by atoms with Gasteiger partial charge in [0, 0.05) is 37.4 Å². The second-order valence-corrected chi connectivity index (χ2v) is 7.83. The van der Waals surface area contributed by atoms with Crippen molar-refractivity contribution < 1.29 is 19.1 Å². The Bertz CT molecular complexity index is 709. The summed E-state index contributed by atoms with van der Waals surface area (Å²) in [5, 5.41) is 12.2. The molecule has 1 aromatic rings. The number of carbonyl (C=O) groups excluding carboxylic acids is 1. The molecule has 148 valence electrons. The highest BCUT2D eigenvalue weighted by molar-refractivity contribution is 6.30. The number of hydrogen-bond donors (Lipinski definition) is 2. The Labute approximate surface area is 163 Å². The number of piperazine rings is 1. The molecule has 0 aromatic heterocycles. The Morgan fingerprint density at radius 1 is 1.22 bits per heavy atom. The van der Waals surface area contributed by atoms with Crippen LogP contribution in [0.1, 0.15) is 32.6 Å². The van der Waals surface area contributed by atoms with Crippen molar-refractivity contribution in [3.63, 3.8) is 0 Å². The zero-order valence-corrected chi connectivity index (χ0v) is 16.1. The van der Waals surface area contributed by atoms with Gasteiger partial charge in [0.15, 0.2) is 0 Å². The number of urea groups is 1. The van der Waals surface area contributed by atoms with Crippen molar-refractivity contribution >= 4 is 29.3 Å². The molecule has 1 unspecified atom stereocenters. The summed E-state index contributed by atoms with van der Waals surface area (Å²) < 4.78 is 13.7. The van der Waals surface area contributed by atoms with Crippen molar-refractivity contribution in [1.82, 2.24) is 10.2 Å². The minimum absolute atomic E-state index is 0.0205. The lowest BCUT2D eigenvalue weighted by Crippen LogP contribution is -2.58. The lowest BCUT2D eigenvalue weighted by atomic mass is 9.86. The van der Waals surface area contributed by atoms with Crippen molar-refractivity contribution in [2.75, 3.05) is 24.5 Å². The summed E-state index contributed by atoms with van der Waals surface area (Å²) >= 11 is 5.74. The molecule has 2 N–H and O–H groups in total. The summed E-state index contributed by atoms with van der Waals surface area (Å²) in [7, 11) is 0. The third kappa shape index (κ3) is 4.64. The standard InChI is InChI=1S/C19H25ClFN3O3/c1-12-11-23(15-6-7-16(20)17(21)10-15)8-9-24(12)19(27)22-14-4-2-13(3-5-14)18(25)26/h6-7,10,12-14H,2-5,8-9,11H2,1H3,(H,22,27)(H,25,26). The Hall–Kier alpha value is -2.02. The summed E-state index contributed by atoms with van der Waals surface area (Å²) in [6.45, 7) is 3.74. The van der Waals surface area contributed by atoms with Crippen molar-refractivity contribution in [3.8, 4) is 0 Å². The van der Waals surface area contributed by atoms with E-state index in [1.807, 2.05) is 11.8 Å². The number of carbonyl (C=O) groups is 2. The fourth-order valence-electron chi connectivity index (χ4n) is 3.92. The molecule has 1 atom stereocenters. The molecule has 0 spiro atoms. The number of anilines is 1. The normalized spacial score (nSPS) is 26.0. The molecule has 1 saturated carbocycles. The first kappa shape index (κ1) is 19.7. The van der Waals surface area contributed by atoms with Crippen LogP contribution >= 0.6 is 11.6 Å². The molecule has 1 heterocycles. The second kappa shape index (κ2) is 8.33. The Morgan fingerprint density at radius 2 is 1.93 bits per heavy atom. The Kier molecular flexibility index (Phi) is 6.09. The number of nitrogens with zero attached hydrogens (tertiary/aromatic N) is 2. The summed E-state index contributed by atoms with van der Waals surface area (Å²) in [6, 6.07) is 4.66. The largest absolute Gasteiger partial charge is 0.481 e. The van der Waals surface area contributed by atoms with E-state index in [4.69, 9.17) is 16.7 Å². The van der Waals surface area contributed by atoms with E-state index in [-0.39, 0.29) is 29.1 Å². The minimum Gasteiger partial charge on any atom is -0.481 e. The summed E-state index contributed by atoms with van der Waals surface area (Å²) in [5.74, 6) is -1.48. The molecule has 2 amide bonds. The van der Waals surface area contributed by atoms with Gasteiger partial charge in [0.1, 0.15) is 5.82 Å². The van der Waals surface area contributed by atoms with Gasteiger partial charge < -0.3 is 20.2 Å². The van der Waals surface area contributed by atoms with Gasteiger partial charge in [0.2, 0.25) is 0 Å². The van der Waals surface area contributed by atoms with E-state index in [1.165, 1.54) is 6.07 Å². The van der Waals surface area contributed by atoms with Gasteiger partial charge in [-0.1, -0.05) is 11.6 Å². The summed E-state index contributed by atoms with van der Waals surface area (Å²) in [5.41, 5.74) is 0.760. The molecular weight excluding hydrogens is 373 g/mol. The lowest BCUT2D eigenvalue weighted by Gasteiger charge is -2.41. The van der Waals surface area contributed by atoms with Gasteiger partial charge in [0.25, 0.3) is 0 Å². The summed E-state index contributed by atoms with van der Waals surface area (Å²) in [4.78, 5) is 27.5. The molecule has 6 nitrogen and oxygen atoms in total. The summed E-state index contributed by atoms with van der Waals surface area (Å²) in [6.07, 6.45) is 2.60.